The second kappa shape index (κ2) is 4.78. The number of aromatic hydroxyl groups is 2. The van der Waals surface area contributed by atoms with Gasteiger partial charge in [0.25, 0.3) is 0 Å². The maximum absolute atomic E-state index is 10.4. The summed E-state index contributed by atoms with van der Waals surface area (Å²) >= 11 is 0. The minimum atomic E-state index is 0.195. The summed E-state index contributed by atoms with van der Waals surface area (Å²) in [7, 11) is 0. The van der Waals surface area contributed by atoms with Gasteiger partial charge in [-0.2, -0.15) is 0 Å². The van der Waals surface area contributed by atoms with Crippen LogP contribution in [0.2, 0.25) is 0 Å². The fourth-order valence-corrected chi connectivity index (χ4v) is 3.04. The van der Waals surface area contributed by atoms with Gasteiger partial charge in [0, 0.05) is 5.56 Å². The van der Waals surface area contributed by atoms with E-state index in [1.54, 1.807) is 18.2 Å². The average Bonchev–Trinajstić information content (AvgIpc) is 2.54. The number of phenolic OH excluding ortho intramolecular Hbond substituents is 2. The van der Waals surface area contributed by atoms with Gasteiger partial charge >= 0.3 is 0 Å². The van der Waals surface area contributed by atoms with E-state index >= 15 is 0 Å². The molecule has 0 saturated carbocycles. The van der Waals surface area contributed by atoms with Crippen molar-refractivity contribution >= 4 is 21.5 Å². The van der Waals surface area contributed by atoms with Crippen LogP contribution in [0.4, 0.5) is 0 Å². The van der Waals surface area contributed by atoms with Crippen molar-refractivity contribution in [1.82, 2.24) is 0 Å². The van der Waals surface area contributed by atoms with Crippen molar-refractivity contribution in [3.8, 4) is 22.6 Å². The van der Waals surface area contributed by atoms with E-state index in [0.717, 1.165) is 32.7 Å². The minimum Gasteiger partial charge on any atom is -0.508 e. The summed E-state index contributed by atoms with van der Waals surface area (Å²) in [4.78, 5) is 0. The Bertz CT molecular complexity index is 1000. The van der Waals surface area contributed by atoms with Gasteiger partial charge in [0.05, 0.1) is 0 Å². The molecule has 0 atom stereocenters. The lowest BCUT2D eigenvalue weighted by molar-refractivity contribution is 0.475. The summed E-state index contributed by atoms with van der Waals surface area (Å²) in [5, 5.41) is 24.5. The zero-order chi connectivity index (χ0) is 15.1. The molecule has 0 saturated heterocycles. The third-order valence-corrected chi connectivity index (χ3v) is 4.02. The van der Waals surface area contributed by atoms with E-state index in [9.17, 15) is 10.2 Å². The van der Waals surface area contributed by atoms with Gasteiger partial charge in [-0.3, -0.25) is 0 Å². The van der Waals surface area contributed by atoms with Crippen LogP contribution in [0.15, 0.2) is 72.8 Å². The quantitative estimate of drug-likeness (QED) is 0.513. The Hall–Kier alpha value is -3.00. The molecular weight excluding hydrogens is 272 g/mol. The molecule has 22 heavy (non-hydrogen) atoms. The predicted molar refractivity (Wildman–Crippen MR) is 90.2 cm³/mol. The topological polar surface area (TPSA) is 40.5 Å². The third-order valence-electron chi connectivity index (χ3n) is 4.02. The molecule has 0 spiro atoms. The zero-order valence-corrected chi connectivity index (χ0v) is 11.8. The molecule has 0 fully saturated rings. The fraction of sp³-hybridized carbons (Fsp3) is 0. The molecule has 0 amide bonds. The van der Waals surface area contributed by atoms with Crippen molar-refractivity contribution in [2.24, 2.45) is 0 Å². The van der Waals surface area contributed by atoms with Crippen molar-refractivity contribution in [3.63, 3.8) is 0 Å². The zero-order valence-electron chi connectivity index (χ0n) is 11.8. The van der Waals surface area contributed by atoms with Gasteiger partial charge in [-0.05, 0) is 45.3 Å². The molecule has 106 valence electrons. The lowest BCUT2D eigenvalue weighted by Crippen LogP contribution is -1.85. The number of hydrogen-bond donors (Lipinski definition) is 2. The van der Waals surface area contributed by atoms with E-state index in [2.05, 4.69) is 0 Å². The second-order valence-electron chi connectivity index (χ2n) is 5.40. The monoisotopic (exact) mass is 286 g/mol. The summed E-state index contributed by atoms with van der Waals surface area (Å²) in [5.41, 5.74) is 1.59. The van der Waals surface area contributed by atoms with Gasteiger partial charge in [0.15, 0.2) is 0 Å². The number of phenols is 2. The normalized spacial score (nSPS) is 11.1. The highest BCUT2D eigenvalue weighted by Gasteiger charge is 2.13. The summed E-state index contributed by atoms with van der Waals surface area (Å²) in [5.74, 6) is 0.412. The van der Waals surface area contributed by atoms with Gasteiger partial charge in [-0.1, -0.05) is 54.6 Å². The fourth-order valence-electron chi connectivity index (χ4n) is 3.04. The highest BCUT2D eigenvalue weighted by atomic mass is 16.3. The second-order valence-corrected chi connectivity index (χ2v) is 5.40. The summed E-state index contributed by atoms with van der Waals surface area (Å²) in [6, 6.07) is 22.9. The van der Waals surface area contributed by atoms with Crippen molar-refractivity contribution in [1.29, 1.82) is 0 Å². The molecule has 0 heterocycles. The number of benzene rings is 4. The van der Waals surface area contributed by atoms with Crippen molar-refractivity contribution in [2.75, 3.05) is 0 Å². The van der Waals surface area contributed by atoms with Crippen molar-refractivity contribution < 1.29 is 10.2 Å². The lowest BCUT2D eigenvalue weighted by atomic mass is 9.93. The third kappa shape index (κ3) is 1.89. The molecule has 0 aliphatic carbocycles. The molecule has 2 nitrogen and oxygen atoms in total. The summed E-state index contributed by atoms with van der Waals surface area (Å²) in [6.07, 6.45) is 0. The SMILES string of the molecule is Oc1cc(-c2c(O)ccc3ccccc23)c2ccccc2c1. The largest absolute Gasteiger partial charge is 0.508 e. The smallest absolute Gasteiger partial charge is 0.124 e. The maximum Gasteiger partial charge on any atom is 0.124 e. The average molecular weight is 286 g/mol. The van der Waals surface area contributed by atoms with Crippen LogP contribution in [0, 0.1) is 0 Å². The van der Waals surface area contributed by atoms with E-state index in [-0.39, 0.29) is 11.5 Å². The molecule has 0 aromatic heterocycles. The van der Waals surface area contributed by atoms with Gasteiger partial charge in [-0.25, -0.2) is 0 Å². The first-order chi connectivity index (χ1) is 10.7. The summed E-state index contributed by atoms with van der Waals surface area (Å²) < 4.78 is 0. The Labute approximate surface area is 127 Å². The Balaban J connectivity index is 2.18. The molecule has 0 unspecified atom stereocenters. The van der Waals surface area contributed by atoms with Crippen LogP contribution in [-0.4, -0.2) is 10.2 Å². The van der Waals surface area contributed by atoms with Crippen molar-refractivity contribution in [2.45, 2.75) is 0 Å². The number of fused-ring (bicyclic) bond motifs is 2. The van der Waals surface area contributed by atoms with Crippen LogP contribution in [0.5, 0.6) is 11.5 Å². The van der Waals surface area contributed by atoms with E-state index < -0.39 is 0 Å². The number of rotatable bonds is 1. The molecular formula is C20H14O2. The molecule has 4 aromatic rings. The van der Waals surface area contributed by atoms with Crippen LogP contribution in [0.3, 0.4) is 0 Å². The Kier molecular flexibility index (Phi) is 2.76. The first kappa shape index (κ1) is 12.7. The van der Waals surface area contributed by atoms with E-state index in [4.69, 9.17) is 0 Å². The van der Waals surface area contributed by atoms with Crippen LogP contribution >= 0.6 is 0 Å². The molecule has 0 aliphatic rings. The van der Waals surface area contributed by atoms with Crippen LogP contribution in [0.25, 0.3) is 32.7 Å². The van der Waals surface area contributed by atoms with Crippen LogP contribution in [0.1, 0.15) is 0 Å². The van der Waals surface area contributed by atoms with Crippen LogP contribution < -0.4 is 0 Å². The molecule has 0 radical (unpaired) electrons. The Morgan fingerprint density at radius 3 is 2.09 bits per heavy atom. The molecule has 4 rings (SSSR count). The molecule has 4 aromatic carbocycles. The Morgan fingerprint density at radius 2 is 1.27 bits per heavy atom. The summed E-state index contributed by atoms with van der Waals surface area (Å²) in [6.45, 7) is 0. The van der Waals surface area contributed by atoms with E-state index in [1.165, 1.54) is 0 Å². The van der Waals surface area contributed by atoms with E-state index in [1.807, 2.05) is 54.6 Å². The van der Waals surface area contributed by atoms with Gasteiger partial charge in [0.1, 0.15) is 11.5 Å². The number of hydrogen-bond acceptors (Lipinski definition) is 2. The van der Waals surface area contributed by atoms with E-state index in [0.29, 0.717) is 0 Å². The highest BCUT2D eigenvalue weighted by molar-refractivity contribution is 6.08. The van der Waals surface area contributed by atoms with Crippen molar-refractivity contribution in [3.05, 3.63) is 72.8 Å². The maximum atomic E-state index is 10.4. The van der Waals surface area contributed by atoms with Gasteiger partial charge in [-0.15, -0.1) is 0 Å². The minimum absolute atomic E-state index is 0.195. The lowest BCUT2D eigenvalue weighted by Gasteiger charge is -2.13. The van der Waals surface area contributed by atoms with Gasteiger partial charge in [0.2, 0.25) is 0 Å². The molecule has 0 aliphatic heterocycles. The molecule has 2 N–H and O–H groups in total. The first-order valence-corrected chi connectivity index (χ1v) is 7.17. The standard InChI is InChI=1S/C20H14O2/c21-15-11-14-6-2-3-7-16(14)18(12-15)20-17-8-4-1-5-13(17)9-10-19(20)22/h1-12,21-22H. The Morgan fingerprint density at radius 1 is 0.591 bits per heavy atom. The molecule has 2 heteroatoms. The first-order valence-electron chi connectivity index (χ1n) is 7.17. The predicted octanol–water partition coefficient (Wildman–Crippen LogP) is 5.07. The molecule has 0 bridgehead atoms. The van der Waals surface area contributed by atoms with Crippen LogP contribution in [-0.2, 0) is 0 Å². The highest BCUT2D eigenvalue weighted by Crippen LogP contribution is 2.41. The van der Waals surface area contributed by atoms with Gasteiger partial charge < -0.3 is 10.2 Å².